The molecule has 1 aliphatic heterocycles. The highest BCUT2D eigenvalue weighted by atomic mass is 32.2. The summed E-state index contributed by atoms with van der Waals surface area (Å²) in [6, 6.07) is 12.9. The van der Waals surface area contributed by atoms with Gasteiger partial charge in [0.2, 0.25) is 0 Å². The highest BCUT2D eigenvalue weighted by Gasteiger charge is 2.25. The van der Waals surface area contributed by atoms with E-state index in [4.69, 9.17) is 0 Å². The summed E-state index contributed by atoms with van der Waals surface area (Å²) >= 11 is 1.53. The quantitative estimate of drug-likeness (QED) is 0.760. The molecule has 0 aliphatic carbocycles. The minimum Gasteiger partial charge on any atom is -0.348 e. The van der Waals surface area contributed by atoms with Crippen LogP contribution in [-0.4, -0.2) is 28.8 Å². The van der Waals surface area contributed by atoms with E-state index in [9.17, 15) is 9.59 Å². The van der Waals surface area contributed by atoms with E-state index < -0.39 is 0 Å². The zero-order valence-corrected chi connectivity index (χ0v) is 15.4. The van der Waals surface area contributed by atoms with Crippen molar-refractivity contribution in [1.82, 2.24) is 15.3 Å². The van der Waals surface area contributed by atoms with Crippen LogP contribution in [0.2, 0.25) is 0 Å². The van der Waals surface area contributed by atoms with Gasteiger partial charge >= 0.3 is 0 Å². The molecule has 0 bridgehead atoms. The maximum atomic E-state index is 12.8. The third-order valence-corrected chi connectivity index (χ3v) is 5.43. The molecule has 3 aromatic rings. The smallest absolute Gasteiger partial charge is 0.259 e. The van der Waals surface area contributed by atoms with Crippen molar-refractivity contribution in [2.75, 3.05) is 11.9 Å². The van der Waals surface area contributed by atoms with Gasteiger partial charge in [0.1, 0.15) is 6.33 Å². The highest BCUT2D eigenvalue weighted by Crippen LogP contribution is 2.41. The van der Waals surface area contributed by atoms with Crippen LogP contribution < -0.4 is 10.2 Å². The van der Waals surface area contributed by atoms with E-state index in [2.05, 4.69) is 15.3 Å². The van der Waals surface area contributed by atoms with Crippen molar-refractivity contribution < 1.29 is 9.59 Å². The molecule has 27 heavy (non-hydrogen) atoms. The van der Waals surface area contributed by atoms with E-state index in [0.717, 1.165) is 21.0 Å². The summed E-state index contributed by atoms with van der Waals surface area (Å²) in [5.41, 5.74) is 2.70. The monoisotopic (exact) mass is 376 g/mol. The van der Waals surface area contributed by atoms with Gasteiger partial charge in [-0.1, -0.05) is 23.9 Å². The molecule has 1 aromatic heterocycles. The number of nitrogens with one attached hydrogen (secondary N) is 1. The first-order valence-electron chi connectivity index (χ1n) is 8.34. The topological polar surface area (TPSA) is 75.2 Å². The van der Waals surface area contributed by atoms with Crippen LogP contribution in [0.3, 0.4) is 0 Å². The van der Waals surface area contributed by atoms with Gasteiger partial charge < -0.3 is 10.2 Å². The molecule has 0 atom stereocenters. The molecular weight excluding hydrogens is 360 g/mol. The number of benzene rings is 2. The lowest BCUT2D eigenvalue weighted by Gasteiger charge is -2.18. The number of anilines is 1. The van der Waals surface area contributed by atoms with Crippen LogP contribution in [0.1, 0.15) is 26.3 Å². The van der Waals surface area contributed by atoms with Crippen LogP contribution in [0.25, 0.3) is 0 Å². The van der Waals surface area contributed by atoms with E-state index in [1.54, 1.807) is 36.5 Å². The summed E-state index contributed by atoms with van der Waals surface area (Å²) in [5.74, 6) is -0.301. The van der Waals surface area contributed by atoms with Crippen LogP contribution in [0.15, 0.2) is 71.0 Å². The number of carbonyl (C=O) groups is 2. The number of carbonyl (C=O) groups excluding carboxylic acids is 2. The van der Waals surface area contributed by atoms with Gasteiger partial charge in [-0.3, -0.25) is 9.59 Å². The minimum atomic E-state index is -0.214. The van der Waals surface area contributed by atoms with E-state index in [0.29, 0.717) is 17.7 Å². The predicted molar refractivity (Wildman–Crippen MR) is 103 cm³/mol. The fourth-order valence-corrected chi connectivity index (χ4v) is 3.94. The van der Waals surface area contributed by atoms with Gasteiger partial charge in [-0.05, 0) is 30.3 Å². The average Bonchev–Trinajstić information content (AvgIpc) is 2.82. The first-order chi connectivity index (χ1) is 13.1. The van der Waals surface area contributed by atoms with Crippen molar-refractivity contribution in [3.8, 4) is 0 Å². The molecular formula is C20H16N4O2S. The van der Waals surface area contributed by atoms with Gasteiger partial charge in [0.25, 0.3) is 11.8 Å². The largest absolute Gasteiger partial charge is 0.348 e. The van der Waals surface area contributed by atoms with Crippen molar-refractivity contribution in [2.24, 2.45) is 0 Å². The number of nitrogens with zero attached hydrogens (tertiary/aromatic N) is 3. The molecule has 1 aliphatic rings. The zero-order chi connectivity index (χ0) is 18.8. The Morgan fingerprint density at radius 2 is 1.89 bits per heavy atom. The summed E-state index contributed by atoms with van der Waals surface area (Å²) in [4.78, 5) is 36.6. The Balaban J connectivity index is 1.60. The Labute approximate surface area is 160 Å². The van der Waals surface area contributed by atoms with E-state index in [1.807, 2.05) is 30.3 Å². The lowest BCUT2D eigenvalue weighted by Crippen LogP contribution is -2.27. The van der Waals surface area contributed by atoms with Crippen molar-refractivity contribution >= 4 is 29.3 Å². The molecule has 0 unspecified atom stereocenters. The average molecular weight is 376 g/mol. The summed E-state index contributed by atoms with van der Waals surface area (Å²) in [7, 11) is 1.73. The molecule has 4 rings (SSSR count). The number of amides is 2. The van der Waals surface area contributed by atoms with Crippen LogP contribution >= 0.6 is 11.8 Å². The molecule has 0 saturated carbocycles. The Morgan fingerprint density at radius 1 is 1.11 bits per heavy atom. The third kappa shape index (κ3) is 3.41. The molecule has 0 radical (unpaired) electrons. The van der Waals surface area contributed by atoms with E-state index >= 15 is 0 Å². The SMILES string of the molecule is CN1C(=O)c2ccccc2Sc2ccc(C(=O)NCc3cncnc3)cc21. The predicted octanol–water partition coefficient (Wildman–Crippen LogP) is 3.15. The molecule has 2 amide bonds. The molecule has 2 heterocycles. The fraction of sp³-hybridized carbons (Fsp3) is 0.100. The van der Waals surface area contributed by atoms with E-state index in [1.165, 1.54) is 18.1 Å². The van der Waals surface area contributed by atoms with E-state index in [-0.39, 0.29) is 11.8 Å². The normalized spacial score (nSPS) is 12.8. The fourth-order valence-electron chi connectivity index (χ4n) is 2.85. The van der Waals surface area contributed by atoms with Crippen LogP contribution in [-0.2, 0) is 6.54 Å². The second kappa shape index (κ2) is 7.20. The number of aromatic nitrogens is 2. The molecule has 6 nitrogen and oxygen atoms in total. The first kappa shape index (κ1) is 17.2. The van der Waals surface area contributed by atoms with Crippen molar-refractivity contribution in [1.29, 1.82) is 0 Å². The Kier molecular flexibility index (Phi) is 4.60. The zero-order valence-electron chi connectivity index (χ0n) is 14.5. The molecule has 0 spiro atoms. The maximum Gasteiger partial charge on any atom is 0.259 e. The van der Waals surface area contributed by atoms with Crippen LogP contribution in [0, 0.1) is 0 Å². The number of hydrogen-bond donors (Lipinski definition) is 1. The lowest BCUT2D eigenvalue weighted by molar-refractivity contribution is 0.0948. The number of hydrogen-bond acceptors (Lipinski definition) is 5. The van der Waals surface area contributed by atoms with Crippen molar-refractivity contribution in [3.63, 3.8) is 0 Å². The van der Waals surface area contributed by atoms with Crippen LogP contribution in [0.4, 0.5) is 5.69 Å². The van der Waals surface area contributed by atoms with Gasteiger partial charge in [0, 0.05) is 46.9 Å². The second-order valence-electron chi connectivity index (χ2n) is 6.07. The maximum absolute atomic E-state index is 12.8. The van der Waals surface area contributed by atoms with Gasteiger partial charge in [-0.15, -0.1) is 0 Å². The summed E-state index contributed by atoms with van der Waals surface area (Å²) in [6.45, 7) is 0.339. The van der Waals surface area contributed by atoms with Gasteiger partial charge in [-0.25, -0.2) is 9.97 Å². The van der Waals surface area contributed by atoms with Gasteiger partial charge in [-0.2, -0.15) is 0 Å². The van der Waals surface area contributed by atoms with Crippen molar-refractivity contribution in [3.05, 3.63) is 77.9 Å². The van der Waals surface area contributed by atoms with Gasteiger partial charge in [0.15, 0.2) is 0 Å². The van der Waals surface area contributed by atoms with Crippen molar-refractivity contribution in [2.45, 2.75) is 16.3 Å². The number of rotatable bonds is 3. The third-order valence-electron chi connectivity index (χ3n) is 4.29. The molecule has 1 N–H and O–H groups in total. The standard InChI is InChI=1S/C20H16N4O2S/c1-24-16-8-14(19(25)23-11-13-9-21-12-22-10-13)6-7-18(16)27-17-5-3-2-4-15(17)20(24)26/h2-10,12H,11H2,1H3,(H,23,25). The molecule has 0 fully saturated rings. The Hall–Kier alpha value is -3.19. The molecule has 2 aromatic carbocycles. The number of fused-ring (bicyclic) bond motifs is 2. The Morgan fingerprint density at radius 3 is 2.70 bits per heavy atom. The van der Waals surface area contributed by atoms with Gasteiger partial charge in [0.05, 0.1) is 11.3 Å². The second-order valence-corrected chi connectivity index (χ2v) is 7.16. The summed E-state index contributed by atoms with van der Waals surface area (Å²) in [6.07, 6.45) is 4.76. The Bertz CT molecular complexity index is 1020. The molecule has 134 valence electrons. The molecule has 7 heteroatoms. The first-order valence-corrected chi connectivity index (χ1v) is 9.16. The minimum absolute atomic E-state index is 0.0872. The highest BCUT2D eigenvalue weighted by molar-refractivity contribution is 7.99. The summed E-state index contributed by atoms with van der Waals surface area (Å²) in [5, 5.41) is 2.85. The molecule has 0 saturated heterocycles. The lowest BCUT2D eigenvalue weighted by atomic mass is 10.1. The summed E-state index contributed by atoms with van der Waals surface area (Å²) < 4.78 is 0. The van der Waals surface area contributed by atoms with Crippen LogP contribution in [0.5, 0.6) is 0 Å².